The fraction of sp³-hybridized carbons (Fsp3) is 0.167. The Bertz CT molecular complexity index is 733. The largest absolute Gasteiger partial charge is 0.497 e. The number of aryl methyl sites for hydroxylation is 1. The predicted molar refractivity (Wildman–Crippen MR) is 84.0 cm³/mol. The lowest BCUT2D eigenvalue weighted by Gasteiger charge is -2.05. The Morgan fingerprint density at radius 1 is 0.955 bits per heavy atom. The molecule has 0 saturated carbocycles. The molecule has 0 amide bonds. The Kier molecular flexibility index (Phi) is 4.10. The van der Waals surface area contributed by atoms with Crippen molar-refractivity contribution in [2.75, 3.05) is 7.11 Å². The maximum absolute atomic E-state index is 5.74. The lowest BCUT2D eigenvalue weighted by atomic mass is 10.2. The highest BCUT2D eigenvalue weighted by Gasteiger charge is 2.11. The SMILES string of the molecule is COc1ccc(OCc2nc(-c3ccccc3)oc2C)cc1. The van der Waals surface area contributed by atoms with Crippen LogP contribution in [-0.2, 0) is 6.61 Å². The average molecular weight is 295 g/mol. The summed E-state index contributed by atoms with van der Waals surface area (Å²) in [4.78, 5) is 4.51. The van der Waals surface area contributed by atoms with Crippen molar-refractivity contribution in [1.29, 1.82) is 0 Å². The summed E-state index contributed by atoms with van der Waals surface area (Å²) in [7, 11) is 1.64. The van der Waals surface area contributed by atoms with Crippen LogP contribution in [0, 0.1) is 6.92 Å². The van der Waals surface area contributed by atoms with Crippen LogP contribution in [0.25, 0.3) is 11.5 Å². The average Bonchev–Trinajstić information content (AvgIpc) is 2.95. The number of hydrogen-bond acceptors (Lipinski definition) is 4. The normalized spacial score (nSPS) is 10.5. The molecular weight excluding hydrogens is 278 g/mol. The van der Waals surface area contributed by atoms with Gasteiger partial charge in [-0.1, -0.05) is 18.2 Å². The summed E-state index contributed by atoms with van der Waals surface area (Å²) in [6.07, 6.45) is 0. The van der Waals surface area contributed by atoms with Crippen LogP contribution in [0.3, 0.4) is 0 Å². The lowest BCUT2D eigenvalue weighted by Crippen LogP contribution is -1.97. The van der Waals surface area contributed by atoms with Gasteiger partial charge in [-0.3, -0.25) is 0 Å². The van der Waals surface area contributed by atoms with Crippen molar-refractivity contribution in [3.05, 3.63) is 66.1 Å². The van der Waals surface area contributed by atoms with Gasteiger partial charge in [0.15, 0.2) is 0 Å². The minimum atomic E-state index is 0.370. The number of nitrogens with zero attached hydrogens (tertiary/aromatic N) is 1. The van der Waals surface area contributed by atoms with Gasteiger partial charge in [-0.25, -0.2) is 4.98 Å². The molecule has 0 bridgehead atoms. The Hall–Kier alpha value is -2.75. The number of benzene rings is 2. The standard InChI is InChI=1S/C18H17NO3/c1-13-17(12-21-16-10-8-15(20-2)9-11-16)19-18(22-13)14-6-4-3-5-7-14/h3-11H,12H2,1-2H3. The Morgan fingerprint density at radius 2 is 1.64 bits per heavy atom. The zero-order chi connectivity index (χ0) is 15.4. The van der Waals surface area contributed by atoms with E-state index in [4.69, 9.17) is 13.9 Å². The van der Waals surface area contributed by atoms with Gasteiger partial charge in [-0.05, 0) is 43.3 Å². The number of aromatic nitrogens is 1. The van der Waals surface area contributed by atoms with Gasteiger partial charge in [0.1, 0.15) is 29.6 Å². The van der Waals surface area contributed by atoms with Crippen LogP contribution in [0.2, 0.25) is 0 Å². The van der Waals surface area contributed by atoms with Crippen molar-refractivity contribution < 1.29 is 13.9 Å². The molecule has 22 heavy (non-hydrogen) atoms. The molecule has 4 heteroatoms. The maximum Gasteiger partial charge on any atom is 0.226 e. The van der Waals surface area contributed by atoms with Crippen LogP contribution in [0.15, 0.2) is 59.0 Å². The molecule has 3 rings (SSSR count). The van der Waals surface area contributed by atoms with Crippen molar-refractivity contribution in [3.8, 4) is 23.0 Å². The molecule has 1 heterocycles. The molecule has 0 aliphatic rings. The van der Waals surface area contributed by atoms with Gasteiger partial charge in [0.2, 0.25) is 5.89 Å². The number of oxazole rings is 1. The van der Waals surface area contributed by atoms with Crippen LogP contribution in [0.5, 0.6) is 11.5 Å². The van der Waals surface area contributed by atoms with Crippen molar-refractivity contribution in [1.82, 2.24) is 4.98 Å². The summed E-state index contributed by atoms with van der Waals surface area (Å²) >= 11 is 0. The molecular formula is C18H17NO3. The maximum atomic E-state index is 5.74. The molecule has 1 aromatic heterocycles. The van der Waals surface area contributed by atoms with E-state index in [2.05, 4.69) is 4.98 Å². The van der Waals surface area contributed by atoms with E-state index in [-0.39, 0.29) is 0 Å². The zero-order valence-corrected chi connectivity index (χ0v) is 12.6. The van der Waals surface area contributed by atoms with Gasteiger partial charge in [-0.15, -0.1) is 0 Å². The summed E-state index contributed by atoms with van der Waals surface area (Å²) < 4.78 is 16.6. The highest BCUT2D eigenvalue weighted by atomic mass is 16.5. The molecule has 0 aliphatic heterocycles. The first-order valence-corrected chi connectivity index (χ1v) is 7.05. The van der Waals surface area contributed by atoms with Crippen LogP contribution in [0.4, 0.5) is 0 Å². The van der Waals surface area contributed by atoms with Crippen LogP contribution in [0.1, 0.15) is 11.5 Å². The number of methoxy groups -OCH3 is 1. The van der Waals surface area contributed by atoms with Crippen LogP contribution < -0.4 is 9.47 Å². The van der Waals surface area contributed by atoms with Crippen molar-refractivity contribution in [2.45, 2.75) is 13.5 Å². The minimum Gasteiger partial charge on any atom is -0.497 e. The molecule has 3 aromatic rings. The first-order valence-electron chi connectivity index (χ1n) is 7.05. The quantitative estimate of drug-likeness (QED) is 0.706. The Labute approximate surface area is 129 Å². The second kappa shape index (κ2) is 6.35. The molecule has 0 unspecified atom stereocenters. The fourth-order valence-corrected chi connectivity index (χ4v) is 2.09. The smallest absolute Gasteiger partial charge is 0.226 e. The van der Waals surface area contributed by atoms with E-state index in [1.165, 1.54) is 0 Å². The van der Waals surface area contributed by atoms with Gasteiger partial charge in [0.25, 0.3) is 0 Å². The second-order valence-electron chi connectivity index (χ2n) is 4.85. The third-order valence-electron chi connectivity index (χ3n) is 3.35. The predicted octanol–water partition coefficient (Wildman–Crippen LogP) is 4.24. The van der Waals surface area contributed by atoms with Crippen molar-refractivity contribution in [3.63, 3.8) is 0 Å². The van der Waals surface area contributed by atoms with E-state index in [9.17, 15) is 0 Å². The number of ether oxygens (including phenoxy) is 2. The van der Waals surface area contributed by atoms with E-state index < -0.39 is 0 Å². The fourth-order valence-electron chi connectivity index (χ4n) is 2.09. The lowest BCUT2D eigenvalue weighted by molar-refractivity contribution is 0.299. The highest BCUT2D eigenvalue weighted by Crippen LogP contribution is 2.23. The van der Waals surface area contributed by atoms with E-state index in [0.29, 0.717) is 12.5 Å². The molecule has 4 nitrogen and oxygen atoms in total. The van der Waals surface area contributed by atoms with Crippen LogP contribution >= 0.6 is 0 Å². The van der Waals surface area contributed by atoms with E-state index >= 15 is 0 Å². The molecule has 112 valence electrons. The van der Waals surface area contributed by atoms with E-state index in [1.54, 1.807) is 7.11 Å². The van der Waals surface area contributed by atoms with Crippen molar-refractivity contribution >= 4 is 0 Å². The number of rotatable bonds is 5. The first-order chi connectivity index (χ1) is 10.8. The minimum absolute atomic E-state index is 0.370. The summed E-state index contributed by atoms with van der Waals surface area (Å²) in [5.74, 6) is 2.96. The zero-order valence-electron chi connectivity index (χ0n) is 12.6. The molecule has 0 fully saturated rings. The molecule has 2 aromatic carbocycles. The summed E-state index contributed by atoms with van der Waals surface area (Å²) in [5, 5.41) is 0. The summed E-state index contributed by atoms with van der Waals surface area (Å²) in [6, 6.07) is 17.3. The molecule has 0 aliphatic carbocycles. The molecule has 0 atom stereocenters. The topological polar surface area (TPSA) is 44.5 Å². The van der Waals surface area contributed by atoms with Crippen LogP contribution in [-0.4, -0.2) is 12.1 Å². The summed E-state index contributed by atoms with van der Waals surface area (Å²) in [6.45, 7) is 2.26. The van der Waals surface area contributed by atoms with Gasteiger partial charge < -0.3 is 13.9 Å². The summed E-state index contributed by atoms with van der Waals surface area (Å²) in [5.41, 5.74) is 1.76. The molecule has 0 saturated heterocycles. The van der Waals surface area contributed by atoms with Gasteiger partial charge in [0, 0.05) is 5.56 Å². The van der Waals surface area contributed by atoms with E-state index in [0.717, 1.165) is 28.5 Å². The monoisotopic (exact) mass is 295 g/mol. The molecule has 0 radical (unpaired) electrons. The Balaban J connectivity index is 1.71. The molecule has 0 N–H and O–H groups in total. The molecule has 0 spiro atoms. The van der Waals surface area contributed by atoms with Gasteiger partial charge in [0.05, 0.1) is 7.11 Å². The van der Waals surface area contributed by atoms with Gasteiger partial charge in [-0.2, -0.15) is 0 Å². The first kappa shape index (κ1) is 14.2. The second-order valence-corrected chi connectivity index (χ2v) is 4.85. The highest BCUT2D eigenvalue weighted by molar-refractivity contribution is 5.53. The van der Waals surface area contributed by atoms with E-state index in [1.807, 2.05) is 61.5 Å². The third kappa shape index (κ3) is 3.11. The third-order valence-corrected chi connectivity index (χ3v) is 3.35. The number of hydrogen-bond donors (Lipinski definition) is 0. The van der Waals surface area contributed by atoms with Crippen molar-refractivity contribution in [2.24, 2.45) is 0 Å². The van der Waals surface area contributed by atoms with Gasteiger partial charge >= 0.3 is 0 Å². The Morgan fingerprint density at radius 3 is 2.32 bits per heavy atom.